The smallest absolute Gasteiger partial charge is 0.387 e. The molecule has 0 amide bonds. The fraction of sp³-hybridized carbons (Fsp3) is 0.400. The second kappa shape index (κ2) is 7.67. The van der Waals surface area contributed by atoms with E-state index >= 15 is 0 Å². The lowest BCUT2D eigenvalue weighted by molar-refractivity contribution is -0.0522. The van der Waals surface area contributed by atoms with Gasteiger partial charge in [0.2, 0.25) is 10.0 Å². The van der Waals surface area contributed by atoms with Crippen LogP contribution in [0.4, 0.5) is 13.2 Å². The number of rotatable bonds is 6. The molecule has 116 valence electrons. The predicted molar refractivity (Wildman–Crippen MR) is 69.1 cm³/mol. The van der Waals surface area contributed by atoms with Gasteiger partial charge < -0.3 is 10.5 Å². The van der Waals surface area contributed by atoms with Crippen molar-refractivity contribution in [1.29, 1.82) is 0 Å². The second-order valence-electron chi connectivity index (χ2n) is 3.73. The highest BCUT2D eigenvalue weighted by Crippen LogP contribution is 2.22. The summed E-state index contributed by atoms with van der Waals surface area (Å²) in [6, 6.07) is 1.85. The van der Waals surface area contributed by atoms with Crippen molar-refractivity contribution in [1.82, 2.24) is 4.72 Å². The van der Waals surface area contributed by atoms with E-state index in [0.717, 1.165) is 12.1 Å². The number of alkyl halides is 2. The SMILES string of the molecule is C[C@H](CN)NS(=O)(=O)c1ccc(OC(F)F)c(F)c1.Cl. The van der Waals surface area contributed by atoms with Gasteiger partial charge in [0.05, 0.1) is 4.90 Å². The first-order valence-electron chi connectivity index (χ1n) is 5.23. The molecule has 5 nitrogen and oxygen atoms in total. The van der Waals surface area contributed by atoms with Crippen LogP contribution in [0, 0.1) is 5.82 Å². The van der Waals surface area contributed by atoms with Gasteiger partial charge >= 0.3 is 6.61 Å². The van der Waals surface area contributed by atoms with Crippen molar-refractivity contribution in [3.05, 3.63) is 24.0 Å². The first-order chi connectivity index (χ1) is 8.76. The maximum Gasteiger partial charge on any atom is 0.387 e. The van der Waals surface area contributed by atoms with Gasteiger partial charge in [0, 0.05) is 12.6 Å². The third-order valence-electron chi connectivity index (χ3n) is 2.14. The molecule has 0 heterocycles. The van der Waals surface area contributed by atoms with Crippen molar-refractivity contribution in [2.24, 2.45) is 5.73 Å². The molecule has 20 heavy (non-hydrogen) atoms. The summed E-state index contributed by atoms with van der Waals surface area (Å²) in [5.41, 5.74) is 5.26. The van der Waals surface area contributed by atoms with E-state index in [0.29, 0.717) is 6.07 Å². The number of nitrogens with one attached hydrogen (secondary N) is 1. The van der Waals surface area contributed by atoms with E-state index in [4.69, 9.17) is 5.73 Å². The average Bonchev–Trinajstić information content (AvgIpc) is 2.30. The van der Waals surface area contributed by atoms with Crippen LogP contribution in [-0.2, 0) is 10.0 Å². The van der Waals surface area contributed by atoms with Crippen molar-refractivity contribution < 1.29 is 26.3 Å². The lowest BCUT2D eigenvalue weighted by Gasteiger charge is -2.13. The average molecular weight is 335 g/mol. The fourth-order valence-corrected chi connectivity index (χ4v) is 2.49. The van der Waals surface area contributed by atoms with E-state index in [1.807, 2.05) is 0 Å². The van der Waals surface area contributed by atoms with Gasteiger partial charge in [-0.1, -0.05) is 0 Å². The summed E-state index contributed by atoms with van der Waals surface area (Å²) in [5.74, 6) is -1.91. The lowest BCUT2D eigenvalue weighted by Crippen LogP contribution is -2.37. The Hall–Kier alpha value is -1.03. The lowest BCUT2D eigenvalue weighted by atomic mass is 10.3. The molecule has 0 saturated carbocycles. The number of sulfonamides is 1. The fourth-order valence-electron chi connectivity index (χ4n) is 1.22. The number of halogens is 4. The van der Waals surface area contributed by atoms with E-state index in [1.165, 1.54) is 6.92 Å². The number of hydrogen-bond acceptors (Lipinski definition) is 4. The zero-order valence-electron chi connectivity index (χ0n) is 10.3. The molecule has 0 unspecified atom stereocenters. The molecule has 1 atom stereocenters. The van der Waals surface area contributed by atoms with Crippen LogP contribution in [0.3, 0.4) is 0 Å². The molecule has 0 aliphatic heterocycles. The van der Waals surface area contributed by atoms with E-state index in [9.17, 15) is 21.6 Å². The Morgan fingerprint density at radius 2 is 2.00 bits per heavy atom. The molecule has 10 heteroatoms. The molecule has 1 aromatic rings. The Labute approximate surface area is 120 Å². The molecular formula is C10H14ClF3N2O3S. The van der Waals surface area contributed by atoms with Gasteiger partial charge in [0.15, 0.2) is 11.6 Å². The molecule has 0 saturated heterocycles. The molecular weight excluding hydrogens is 321 g/mol. The molecule has 0 aliphatic rings. The van der Waals surface area contributed by atoms with Gasteiger partial charge in [0.25, 0.3) is 0 Å². The van der Waals surface area contributed by atoms with Gasteiger partial charge in [-0.05, 0) is 25.1 Å². The maximum absolute atomic E-state index is 13.4. The third-order valence-corrected chi connectivity index (χ3v) is 3.73. The number of hydrogen-bond donors (Lipinski definition) is 2. The predicted octanol–water partition coefficient (Wildman–Crippen LogP) is 1.47. The number of nitrogens with two attached hydrogens (primary N) is 1. The Kier molecular flexibility index (Phi) is 7.28. The van der Waals surface area contributed by atoms with Crippen LogP contribution < -0.4 is 15.2 Å². The van der Waals surface area contributed by atoms with Gasteiger partial charge in [-0.25, -0.2) is 17.5 Å². The van der Waals surface area contributed by atoms with Crippen molar-refractivity contribution in [2.75, 3.05) is 6.54 Å². The van der Waals surface area contributed by atoms with Crippen molar-refractivity contribution in [2.45, 2.75) is 24.5 Å². The molecule has 3 N–H and O–H groups in total. The van der Waals surface area contributed by atoms with E-state index in [-0.39, 0.29) is 19.0 Å². The van der Waals surface area contributed by atoms with Crippen molar-refractivity contribution >= 4 is 22.4 Å². The van der Waals surface area contributed by atoms with Gasteiger partial charge in [-0.3, -0.25) is 0 Å². The van der Waals surface area contributed by atoms with Crippen LogP contribution in [0.1, 0.15) is 6.92 Å². The Bertz CT molecular complexity index is 543. The Balaban J connectivity index is 0.00000361. The minimum atomic E-state index is -3.95. The van der Waals surface area contributed by atoms with Crippen LogP contribution >= 0.6 is 12.4 Å². The maximum atomic E-state index is 13.4. The van der Waals surface area contributed by atoms with E-state index < -0.39 is 39.1 Å². The summed E-state index contributed by atoms with van der Waals surface area (Å²) in [7, 11) is -3.95. The molecule has 0 spiro atoms. The largest absolute Gasteiger partial charge is 0.432 e. The molecule has 1 rings (SSSR count). The summed E-state index contributed by atoms with van der Waals surface area (Å²) in [6.45, 7) is -1.59. The topological polar surface area (TPSA) is 81.4 Å². The van der Waals surface area contributed by atoms with Gasteiger partial charge in [0.1, 0.15) is 0 Å². The molecule has 1 aromatic carbocycles. The summed E-state index contributed by atoms with van der Waals surface area (Å²) in [4.78, 5) is -0.396. The minimum Gasteiger partial charge on any atom is -0.432 e. The molecule has 0 aromatic heterocycles. The third kappa shape index (κ3) is 5.16. The summed E-state index contributed by atoms with van der Waals surface area (Å²) in [5, 5.41) is 0. The first kappa shape index (κ1) is 19.0. The van der Waals surface area contributed by atoms with Gasteiger partial charge in [-0.2, -0.15) is 8.78 Å². The molecule has 0 bridgehead atoms. The zero-order chi connectivity index (χ0) is 14.6. The zero-order valence-corrected chi connectivity index (χ0v) is 12.0. The second-order valence-corrected chi connectivity index (χ2v) is 5.44. The normalized spacial score (nSPS) is 12.9. The minimum absolute atomic E-state index is 0. The Morgan fingerprint density at radius 1 is 1.40 bits per heavy atom. The molecule has 0 radical (unpaired) electrons. The summed E-state index contributed by atoms with van der Waals surface area (Å²) < 4.78 is 66.8. The van der Waals surface area contributed by atoms with Crippen LogP contribution in [-0.4, -0.2) is 27.6 Å². The number of ether oxygens (including phenoxy) is 1. The highest BCUT2D eigenvalue weighted by atomic mass is 35.5. The van der Waals surface area contributed by atoms with Crippen molar-refractivity contribution in [3.63, 3.8) is 0 Å². The van der Waals surface area contributed by atoms with Crippen LogP contribution in [0.2, 0.25) is 0 Å². The standard InChI is InChI=1S/C10H13F3N2O3S.ClH/c1-6(5-14)15-19(16,17)7-2-3-9(8(11)4-7)18-10(12)13;/h2-4,6,10,15H,5,14H2,1H3;1H/t6-;/m1./s1. The Morgan fingerprint density at radius 3 is 2.45 bits per heavy atom. The highest BCUT2D eigenvalue weighted by molar-refractivity contribution is 7.89. The monoisotopic (exact) mass is 334 g/mol. The van der Waals surface area contributed by atoms with Gasteiger partial charge in [-0.15, -0.1) is 12.4 Å². The van der Waals surface area contributed by atoms with Crippen molar-refractivity contribution in [3.8, 4) is 5.75 Å². The van der Waals surface area contributed by atoms with Crippen LogP contribution in [0.25, 0.3) is 0 Å². The highest BCUT2D eigenvalue weighted by Gasteiger charge is 2.19. The molecule has 0 aliphatic carbocycles. The van der Waals surface area contributed by atoms with E-state index in [2.05, 4.69) is 9.46 Å². The molecule has 0 fully saturated rings. The van der Waals surface area contributed by atoms with E-state index in [1.54, 1.807) is 0 Å². The van der Waals surface area contributed by atoms with Crippen LogP contribution in [0.15, 0.2) is 23.1 Å². The quantitative estimate of drug-likeness (QED) is 0.825. The first-order valence-corrected chi connectivity index (χ1v) is 6.71. The summed E-state index contributed by atoms with van der Waals surface area (Å²) >= 11 is 0. The number of benzene rings is 1. The summed E-state index contributed by atoms with van der Waals surface area (Å²) in [6.07, 6.45) is 0. The van der Waals surface area contributed by atoms with Crippen LogP contribution in [0.5, 0.6) is 5.75 Å².